The highest BCUT2D eigenvalue weighted by Gasteiger charge is 2.15. The molecule has 0 aliphatic rings. The van der Waals surface area contributed by atoms with Crippen LogP contribution in [0.3, 0.4) is 0 Å². The number of carbonyl (C=O) groups is 1. The molecule has 0 saturated heterocycles. The second-order valence-corrected chi connectivity index (χ2v) is 3.66. The lowest BCUT2D eigenvalue weighted by atomic mass is 10.2. The molecule has 0 atom stereocenters. The molecule has 0 unspecified atom stereocenters. The largest absolute Gasteiger partial charge is 0.351 e. The summed E-state index contributed by atoms with van der Waals surface area (Å²) in [5, 5.41) is 16.6. The zero-order valence-electron chi connectivity index (χ0n) is 8.79. The van der Waals surface area contributed by atoms with Gasteiger partial charge in [0.1, 0.15) is 0 Å². The number of anilines is 1. The number of non-ortho nitro benzene ring substituents is 1. The number of nitrogens with zero attached hydrogens (tertiary/aromatic N) is 2. The van der Waals surface area contributed by atoms with Crippen LogP contribution in [0.25, 0.3) is 0 Å². The Hall–Kier alpha value is -2.41. The molecule has 0 spiro atoms. The molecule has 0 aliphatic carbocycles. The normalized spacial score (nSPS) is 10.1. The number of hydrogen-bond acceptors (Lipinski definition) is 5. The number of amides is 1. The number of halogens is 1. The van der Waals surface area contributed by atoms with E-state index in [2.05, 4.69) is 15.0 Å². The minimum atomic E-state index is -0.588. The van der Waals surface area contributed by atoms with Crippen molar-refractivity contribution in [3.8, 4) is 0 Å². The Balaban J connectivity index is 2.26. The number of rotatable bonds is 3. The lowest BCUT2D eigenvalue weighted by Crippen LogP contribution is -2.11. The van der Waals surface area contributed by atoms with E-state index in [-0.39, 0.29) is 22.2 Å². The average molecular weight is 268 g/mol. The second kappa shape index (κ2) is 4.84. The molecule has 0 saturated carbocycles. The molecule has 18 heavy (non-hydrogen) atoms. The fourth-order valence-electron chi connectivity index (χ4n) is 1.24. The molecule has 2 rings (SSSR count). The van der Waals surface area contributed by atoms with Crippen molar-refractivity contribution in [3.05, 3.63) is 51.4 Å². The molecule has 7 nitrogen and oxygen atoms in total. The van der Waals surface area contributed by atoms with Gasteiger partial charge in [0.25, 0.3) is 11.6 Å². The van der Waals surface area contributed by atoms with Crippen molar-refractivity contribution in [2.45, 2.75) is 0 Å². The molecular formula is C10H6ClN3O4. The van der Waals surface area contributed by atoms with Gasteiger partial charge in [-0.1, -0.05) is 16.8 Å². The summed E-state index contributed by atoms with van der Waals surface area (Å²) in [7, 11) is 0. The summed E-state index contributed by atoms with van der Waals surface area (Å²) in [5.41, 5.74) is -0.0421. The first-order valence-electron chi connectivity index (χ1n) is 4.74. The van der Waals surface area contributed by atoms with Crippen LogP contribution in [-0.4, -0.2) is 16.0 Å². The predicted molar refractivity (Wildman–Crippen MR) is 62.6 cm³/mol. The molecule has 92 valence electrons. The molecule has 0 fully saturated rings. The first-order valence-corrected chi connectivity index (χ1v) is 5.11. The van der Waals surface area contributed by atoms with Crippen LogP contribution in [0.2, 0.25) is 5.02 Å². The summed E-state index contributed by atoms with van der Waals surface area (Å²) < 4.78 is 4.65. The third kappa shape index (κ3) is 2.46. The minimum Gasteiger partial charge on any atom is -0.351 e. The summed E-state index contributed by atoms with van der Waals surface area (Å²) in [4.78, 5) is 21.7. The summed E-state index contributed by atoms with van der Waals surface area (Å²) in [6.07, 6.45) is 1.31. The molecule has 1 heterocycles. The van der Waals surface area contributed by atoms with Crippen molar-refractivity contribution in [1.82, 2.24) is 5.16 Å². The van der Waals surface area contributed by atoms with Crippen LogP contribution in [-0.2, 0) is 0 Å². The first kappa shape index (κ1) is 12.1. The first-order chi connectivity index (χ1) is 8.58. The van der Waals surface area contributed by atoms with E-state index in [9.17, 15) is 14.9 Å². The van der Waals surface area contributed by atoms with Crippen molar-refractivity contribution >= 4 is 28.9 Å². The SMILES string of the molecule is O=C(Nc1cc([N+](=O)[O-])ccc1Cl)c1ccno1. The Labute approximate surface area is 105 Å². The fraction of sp³-hybridized carbons (Fsp3) is 0. The van der Waals surface area contributed by atoms with E-state index in [1.54, 1.807) is 0 Å². The van der Waals surface area contributed by atoms with Crippen molar-refractivity contribution in [1.29, 1.82) is 0 Å². The van der Waals surface area contributed by atoms with Crippen LogP contribution in [0.5, 0.6) is 0 Å². The van der Waals surface area contributed by atoms with Crippen LogP contribution in [0.1, 0.15) is 10.6 Å². The van der Waals surface area contributed by atoms with E-state index in [1.165, 1.54) is 24.4 Å². The van der Waals surface area contributed by atoms with Crippen molar-refractivity contribution < 1.29 is 14.2 Å². The quantitative estimate of drug-likeness (QED) is 0.680. The van der Waals surface area contributed by atoms with Gasteiger partial charge in [0.15, 0.2) is 0 Å². The number of aromatic nitrogens is 1. The zero-order valence-corrected chi connectivity index (χ0v) is 9.55. The maximum Gasteiger partial charge on any atom is 0.294 e. The number of nitrogens with one attached hydrogen (secondary N) is 1. The molecule has 8 heteroatoms. The lowest BCUT2D eigenvalue weighted by Gasteiger charge is -2.04. The summed E-state index contributed by atoms with van der Waals surface area (Å²) >= 11 is 5.82. The van der Waals surface area contributed by atoms with Gasteiger partial charge in [-0.3, -0.25) is 14.9 Å². The molecule has 1 aromatic carbocycles. The van der Waals surface area contributed by atoms with Crippen LogP contribution >= 0.6 is 11.6 Å². The Bertz CT molecular complexity index is 597. The average Bonchev–Trinajstić information content (AvgIpc) is 2.85. The summed E-state index contributed by atoms with van der Waals surface area (Å²) in [5.74, 6) is -0.604. The van der Waals surface area contributed by atoms with E-state index in [1.807, 2.05) is 0 Å². The Morgan fingerprint density at radius 2 is 2.22 bits per heavy atom. The van der Waals surface area contributed by atoms with Crippen LogP contribution in [0.15, 0.2) is 35.0 Å². The van der Waals surface area contributed by atoms with Crippen molar-refractivity contribution in [2.24, 2.45) is 0 Å². The molecule has 2 aromatic rings. The number of nitro benzene ring substituents is 1. The maximum atomic E-state index is 11.6. The zero-order chi connectivity index (χ0) is 13.1. The van der Waals surface area contributed by atoms with Crippen molar-refractivity contribution in [3.63, 3.8) is 0 Å². The molecule has 0 bridgehead atoms. The Kier molecular flexibility index (Phi) is 3.24. The van der Waals surface area contributed by atoms with Crippen LogP contribution in [0, 0.1) is 10.1 Å². The Morgan fingerprint density at radius 3 is 2.83 bits per heavy atom. The van der Waals surface area contributed by atoms with E-state index in [4.69, 9.17) is 11.6 Å². The van der Waals surface area contributed by atoms with E-state index < -0.39 is 10.8 Å². The Morgan fingerprint density at radius 1 is 1.44 bits per heavy atom. The molecule has 1 N–H and O–H groups in total. The molecule has 1 amide bonds. The third-order valence-electron chi connectivity index (χ3n) is 2.07. The maximum absolute atomic E-state index is 11.6. The van der Waals surface area contributed by atoms with Gasteiger partial charge in [-0.2, -0.15) is 0 Å². The van der Waals surface area contributed by atoms with Crippen LogP contribution in [0.4, 0.5) is 11.4 Å². The molecule has 1 aromatic heterocycles. The van der Waals surface area contributed by atoms with Gasteiger partial charge in [-0.15, -0.1) is 0 Å². The van der Waals surface area contributed by atoms with Crippen molar-refractivity contribution in [2.75, 3.05) is 5.32 Å². The lowest BCUT2D eigenvalue weighted by molar-refractivity contribution is -0.384. The van der Waals surface area contributed by atoms with Gasteiger partial charge < -0.3 is 9.84 Å². The van der Waals surface area contributed by atoms with Crippen LogP contribution < -0.4 is 5.32 Å². The van der Waals surface area contributed by atoms with Gasteiger partial charge in [0.05, 0.1) is 21.8 Å². The molecule has 0 radical (unpaired) electrons. The van der Waals surface area contributed by atoms with Gasteiger partial charge in [-0.25, -0.2) is 0 Å². The number of nitro groups is 1. The monoisotopic (exact) mass is 267 g/mol. The standard InChI is InChI=1S/C10H6ClN3O4/c11-7-2-1-6(14(16)17)5-8(7)13-10(15)9-3-4-12-18-9/h1-5H,(H,13,15). The molecule has 0 aliphatic heterocycles. The third-order valence-corrected chi connectivity index (χ3v) is 2.40. The summed E-state index contributed by atoms with van der Waals surface area (Å²) in [6.45, 7) is 0. The van der Waals surface area contributed by atoms with Gasteiger partial charge >= 0.3 is 0 Å². The minimum absolute atomic E-state index is 0.0161. The number of benzene rings is 1. The highest BCUT2D eigenvalue weighted by molar-refractivity contribution is 6.34. The summed E-state index contributed by atoms with van der Waals surface area (Å²) in [6, 6.07) is 5.10. The van der Waals surface area contributed by atoms with Gasteiger partial charge in [0.2, 0.25) is 5.76 Å². The van der Waals surface area contributed by atoms with E-state index in [0.29, 0.717) is 0 Å². The number of carbonyl (C=O) groups excluding carboxylic acids is 1. The highest BCUT2D eigenvalue weighted by Crippen LogP contribution is 2.27. The predicted octanol–water partition coefficient (Wildman–Crippen LogP) is 2.49. The molecular weight excluding hydrogens is 262 g/mol. The van der Waals surface area contributed by atoms with E-state index in [0.717, 1.165) is 6.07 Å². The fourth-order valence-corrected chi connectivity index (χ4v) is 1.40. The van der Waals surface area contributed by atoms with E-state index >= 15 is 0 Å². The van der Waals surface area contributed by atoms with Gasteiger partial charge in [0, 0.05) is 18.2 Å². The highest BCUT2D eigenvalue weighted by atomic mass is 35.5. The second-order valence-electron chi connectivity index (χ2n) is 3.25. The smallest absolute Gasteiger partial charge is 0.294 e. The van der Waals surface area contributed by atoms with Gasteiger partial charge in [-0.05, 0) is 6.07 Å². The number of hydrogen-bond donors (Lipinski definition) is 1. The topological polar surface area (TPSA) is 98.3 Å².